The van der Waals surface area contributed by atoms with Crippen LogP contribution in [0.4, 0.5) is 0 Å². The average Bonchev–Trinajstić information content (AvgIpc) is 2.04. The van der Waals surface area contributed by atoms with Gasteiger partial charge in [0, 0.05) is 0 Å². The van der Waals surface area contributed by atoms with E-state index in [2.05, 4.69) is 51.4 Å². The van der Waals surface area contributed by atoms with E-state index in [1.807, 2.05) is 6.20 Å². The van der Waals surface area contributed by atoms with Crippen molar-refractivity contribution in [3.05, 3.63) is 0 Å². The first-order valence-electron chi connectivity index (χ1n) is 4.31. The van der Waals surface area contributed by atoms with Crippen molar-refractivity contribution in [3.63, 3.8) is 0 Å². The molecular weight excluding hydrogens is 195 g/mol. The molecule has 0 aliphatic carbocycles. The maximum atomic E-state index is 4.12. The van der Waals surface area contributed by atoms with Gasteiger partial charge in [0.2, 0.25) is 0 Å². The molecule has 0 atom stereocenters. The monoisotopic (exact) mass is 207 g/mol. The number of hydrogen-bond acceptors (Lipinski definition) is 3. The summed E-state index contributed by atoms with van der Waals surface area (Å²) in [5.41, 5.74) is 3.69. The molecular formula is C7H12B3NS2. The van der Waals surface area contributed by atoms with Crippen LogP contribution >= 0.6 is 22.3 Å². The van der Waals surface area contributed by atoms with E-state index in [0.717, 1.165) is 0 Å². The van der Waals surface area contributed by atoms with Gasteiger partial charge in [-0.05, 0) is 0 Å². The molecule has 1 N–H and O–H groups in total. The standard InChI is InChI=1S/C7H12B3NS2/c1-4(2)6-7(10-13-12)11-5(3)8-9-6/h4,11-12H,1-3H3. The van der Waals surface area contributed by atoms with E-state index < -0.39 is 0 Å². The van der Waals surface area contributed by atoms with Crippen LogP contribution in [0.2, 0.25) is 0 Å². The van der Waals surface area contributed by atoms with Gasteiger partial charge < -0.3 is 0 Å². The van der Waals surface area contributed by atoms with E-state index in [0.29, 0.717) is 5.92 Å². The summed E-state index contributed by atoms with van der Waals surface area (Å²) in [5, 5.41) is 3.33. The van der Waals surface area contributed by atoms with E-state index in [-0.39, 0.29) is 0 Å². The predicted molar refractivity (Wildman–Crippen MR) is 72.5 cm³/mol. The Hall–Kier alpha value is 0.305. The Morgan fingerprint density at radius 1 is 1.46 bits per heavy atom. The Balaban J connectivity index is 2.93. The van der Waals surface area contributed by atoms with Gasteiger partial charge in [-0.25, -0.2) is 0 Å². The fourth-order valence-electron chi connectivity index (χ4n) is 1.28. The van der Waals surface area contributed by atoms with E-state index in [1.54, 1.807) is 0 Å². The molecule has 1 rings (SSSR count). The Labute approximate surface area is 90.9 Å². The molecule has 0 aromatic heterocycles. The molecule has 6 heteroatoms. The molecule has 1 aliphatic rings. The second-order valence-electron chi connectivity index (χ2n) is 3.39. The van der Waals surface area contributed by atoms with Gasteiger partial charge in [-0.15, -0.1) is 0 Å². The molecule has 0 saturated carbocycles. The molecule has 1 aliphatic heterocycles. The molecule has 0 bridgehead atoms. The van der Waals surface area contributed by atoms with Crippen LogP contribution in [0.15, 0.2) is 0 Å². The summed E-state index contributed by atoms with van der Waals surface area (Å²) in [6.07, 6.45) is 2.03. The van der Waals surface area contributed by atoms with Gasteiger partial charge in [0.15, 0.2) is 0 Å². The molecule has 0 aromatic carbocycles. The zero-order chi connectivity index (χ0) is 9.84. The second kappa shape index (κ2) is 5.25. The summed E-state index contributed by atoms with van der Waals surface area (Å²) in [4.78, 5) is 0. The van der Waals surface area contributed by atoms with E-state index in [1.165, 1.54) is 27.3 Å². The molecule has 1 nitrogen and oxygen atoms in total. The van der Waals surface area contributed by atoms with Crippen LogP contribution in [0.1, 0.15) is 20.8 Å². The Kier molecular flexibility index (Phi) is 4.60. The van der Waals surface area contributed by atoms with Crippen LogP contribution in [0.3, 0.4) is 0 Å². The normalized spacial score (nSPS) is 18.1. The molecule has 0 aromatic rings. The Bertz CT molecular complexity index is 283. The van der Waals surface area contributed by atoms with E-state index >= 15 is 0 Å². The van der Waals surface area contributed by atoms with Gasteiger partial charge >= 0.3 is 90.8 Å². The van der Waals surface area contributed by atoms with Crippen molar-refractivity contribution in [2.45, 2.75) is 20.8 Å². The summed E-state index contributed by atoms with van der Waals surface area (Å²) in [7, 11) is 1.43. The predicted octanol–water partition coefficient (Wildman–Crippen LogP) is 0.218. The quantitative estimate of drug-likeness (QED) is 0.381. The third-order valence-corrected chi connectivity index (χ3v) is 2.61. The summed E-state index contributed by atoms with van der Waals surface area (Å²) in [6, 6.07) is 0. The Morgan fingerprint density at radius 2 is 2.15 bits per heavy atom. The summed E-state index contributed by atoms with van der Waals surface area (Å²) in [6.45, 7) is 10.7. The molecule has 0 amide bonds. The molecule has 0 spiro atoms. The van der Waals surface area contributed by atoms with Crippen LogP contribution in [-0.4, -0.2) is 36.5 Å². The first kappa shape index (κ1) is 11.4. The van der Waals surface area contributed by atoms with Crippen molar-refractivity contribution in [2.24, 2.45) is 5.92 Å². The number of hydrogen-bond donors (Lipinski definition) is 2. The summed E-state index contributed by atoms with van der Waals surface area (Å²) in [5.74, 6) is 0.545. The van der Waals surface area contributed by atoms with Gasteiger partial charge in [-0.2, -0.15) is 0 Å². The topological polar surface area (TPSA) is 12.0 Å². The van der Waals surface area contributed by atoms with Gasteiger partial charge in [0.05, 0.1) is 0 Å². The van der Waals surface area contributed by atoms with Crippen LogP contribution in [-0.2, 0) is 0 Å². The van der Waals surface area contributed by atoms with Crippen LogP contribution in [0.5, 0.6) is 0 Å². The van der Waals surface area contributed by atoms with Crippen molar-refractivity contribution >= 4 is 58.8 Å². The average molecular weight is 207 g/mol. The number of nitrogens with one attached hydrogen (secondary N) is 1. The second-order valence-corrected chi connectivity index (χ2v) is 4.47. The molecule has 0 saturated heterocycles. The SMILES string of the molecule is CC1=BB=C(C(C)C)C(=BSS)N1. The van der Waals surface area contributed by atoms with E-state index in [4.69, 9.17) is 0 Å². The van der Waals surface area contributed by atoms with Crippen LogP contribution in [0, 0.1) is 5.92 Å². The first-order valence-corrected chi connectivity index (χ1v) is 6.24. The van der Waals surface area contributed by atoms with Crippen LogP contribution in [0.25, 0.3) is 0 Å². The summed E-state index contributed by atoms with van der Waals surface area (Å²) >= 11 is 4.12. The molecule has 0 radical (unpaired) electrons. The van der Waals surface area contributed by atoms with Crippen molar-refractivity contribution < 1.29 is 0 Å². The Morgan fingerprint density at radius 3 is 2.69 bits per heavy atom. The van der Waals surface area contributed by atoms with Crippen molar-refractivity contribution in [1.82, 2.24) is 5.32 Å². The van der Waals surface area contributed by atoms with Gasteiger partial charge in [0.25, 0.3) is 0 Å². The van der Waals surface area contributed by atoms with E-state index in [9.17, 15) is 0 Å². The zero-order valence-electron chi connectivity index (χ0n) is 8.16. The van der Waals surface area contributed by atoms with Gasteiger partial charge in [-0.1, -0.05) is 0 Å². The molecule has 0 fully saturated rings. The molecule has 0 unspecified atom stereocenters. The molecule has 66 valence electrons. The summed E-state index contributed by atoms with van der Waals surface area (Å²) < 4.78 is 0. The fraction of sp³-hybridized carbons (Fsp3) is 0.571. The van der Waals surface area contributed by atoms with Gasteiger partial charge in [0.1, 0.15) is 0 Å². The van der Waals surface area contributed by atoms with Crippen molar-refractivity contribution in [2.75, 3.05) is 0 Å². The van der Waals surface area contributed by atoms with Crippen LogP contribution < -0.4 is 5.32 Å². The zero-order valence-corrected chi connectivity index (χ0v) is 9.88. The molecule has 13 heavy (non-hydrogen) atoms. The van der Waals surface area contributed by atoms with Crippen molar-refractivity contribution in [1.29, 1.82) is 0 Å². The molecule has 1 heterocycles. The minimum absolute atomic E-state index is 0.545. The first-order chi connectivity index (χ1) is 6.15. The van der Waals surface area contributed by atoms with Crippen molar-refractivity contribution in [3.8, 4) is 0 Å². The maximum absolute atomic E-state index is 4.12. The minimum atomic E-state index is 0.545. The van der Waals surface area contributed by atoms with Gasteiger partial charge in [-0.3, -0.25) is 0 Å². The third-order valence-electron chi connectivity index (χ3n) is 1.95. The fourth-order valence-corrected chi connectivity index (χ4v) is 1.90. The third kappa shape index (κ3) is 3.17. The number of thiol groups is 1. The number of rotatable bonds is 2.